The minimum absolute atomic E-state index is 0.0215. The molecule has 11 heteroatoms. The van der Waals surface area contributed by atoms with Crippen LogP contribution in [0.3, 0.4) is 0 Å². The van der Waals surface area contributed by atoms with Crippen molar-refractivity contribution in [1.29, 1.82) is 0 Å². The van der Waals surface area contributed by atoms with Crippen molar-refractivity contribution in [2.45, 2.75) is 18.9 Å². The molecular weight excluding hydrogens is 525 g/mol. The molecule has 8 nitrogen and oxygen atoms in total. The largest absolute Gasteiger partial charge is 0.487 e. The van der Waals surface area contributed by atoms with Gasteiger partial charge in [0.2, 0.25) is 5.88 Å². The van der Waals surface area contributed by atoms with Crippen molar-refractivity contribution in [3.05, 3.63) is 108 Å². The van der Waals surface area contributed by atoms with E-state index >= 15 is 0 Å². The number of piperidine rings is 1. The summed E-state index contributed by atoms with van der Waals surface area (Å²) in [6, 6.07) is 14.8. The smallest absolute Gasteiger partial charge is 0.272 e. The molecule has 40 heavy (non-hydrogen) atoms. The van der Waals surface area contributed by atoms with Crippen LogP contribution in [0.2, 0.25) is 0 Å². The zero-order chi connectivity index (χ0) is 28.1. The molecule has 1 saturated heterocycles. The Morgan fingerprint density at radius 2 is 1.60 bits per heavy atom. The highest BCUT2D eigenvalue weighted by atomic mass is 19.1. The van der Waals surface area contributed by atoms with Crippen LogP contribution in [0.1, 0.15) is 33.7 Å². The van der Waals surface area contributed by atoms with Gasteiger partial charge in [-0.05, 0) is 54.6 Å². The van der Waals surface area contributed by atoms with Gasteiger partial charge in [-0.15, -0.1) is 0 Å². The van der Waals surface area contributed by atoms with Gasteiger partial charge in [0, 0.05) is 44.3 Å². The fraction of sp³-hybridized carbons (Fsp3) is 0.172. The second-order valence-electron chi connectivity index (χ2n) is 9.01. The Hall–Kier alpha value is -4.93. The molecule has 5 rings (SSSR count). The van der Waals surface area contributed by atoms with Crippen molar-refractivity contribution in [2.75, 3.05) is 18.4 Å². The molecule has 0 bridgehead atoms. The lowest BCUT2D eigenvalue weighted by Gasteiger charge is -2.32. The van der Waals surface area contributed by atoms with Crippen LogP contribution in [-0.4, -0.2) is 45.9 Å². The first kappa shape index (κ1) is 26.7. The van der Waals surface area contributed by atoms with E-state index in [0.29, 0.717) is 37.4 Å². The fourth-order valence-corrected chi connectivity index (χ4v) is 4.09. The van der Waals surface area contributed by atoms with Gasteiger partial charge in [-0.2, -0.15) is 0 Å². The molecule has 204 valence electrons. The number of nitrogens with one attached hydrogen (secondary N) is 1. The summed E-state index contributed by atoms with van der Waals surface area (Å²) >= 11 is 0. The third-order valence-corrected chi connectivity index (χ3v) is 6.19. The van der Waals surface area contributed by atoms with E-state index in [1.54, 1.807) is 17.0 Å². The summed E-state index contributed by atoms with van der Waals surface area (Å²) in [7, 11) is 0. The summed E-state index contributed by atoms with van der Waals surface area (Å²) in [6.07, 6.45) is 3.38. The summed E-state index contributed by atoms with van der Waals surface area (Å²) in [4.78, 5) is 35.4. The minimum atomic E-state index is -0.768. The van der Waals surface area contributed by atoms with Crippen molar-refractivity contribution in [2.24, 2.45) is 0 Å². The lowest BCUT2D eigenvalue weighted by molar-refractivity contribution is 0.0582. The quantitative estimate of drug-likeness (QED) is 0.322. The van der Waals surface area contributed by atoms with Crippen LogP contribution in [-0.2, 0) is 0 Å². The van der Waals surface area contributed by atoms with Crippen molar-refractivity contribution in [3.8, 4) is 17.4 Å². The average Bonchev–Trinajstić information content (AvgIpc) is 2.97. The van der Waals surface area contributed by atoms with Crippen LogP contribution in [0.5, 0.6) is 17.4 Å². The number of halogens is 3. The van der Waals surface area contributed by atoms with Gasteiger partial charge in [0.05, 0.1) is 17.4 Å². The van der Waals surface area contributed by atoms with E-state index in [0.717, 1.165) is 12.1 Å². The van der Waals surface area contributed by atoms with Crippen LogP contribution >= 0.6 is 0 Å². The highest BCUT2D eigenvalue weighted by molar-refractivity contribution is 6.04. The number of anilines is 1. The van der Waals surface area contributed by atoms with E-state index in [2.05, 4.69) is 15.3 Å². The number of benzene rings is 2. The van der Waals surface area contributed by atoms with Crippen LogP contribution < -0.4 is 14.8 Å². The van der Waals surface area contributed by atoms with Gasteiger partial charge in [0.15, 0.2) is 11.6 Å². The second kappa shape index (κ2) is 11.9. The third-order valence-electron chi connectivity index (χ3n) is 6.19. The molecule has 1 aliphatic heterocycles. The molecule has 3 heterocycles. The van der Waals surface area contributed by atoms with Crippen molar-refractivity contribution >= 4 is 17.5 Å². The molecule has 2 amide bonds. The number of amides is 2. The van der Waals surface area contributed by atoms with Gasteiger partial charge in [-0.25, -0.2) is 18.2 Å². The first-order chi connectivity index (χ1) is 19.3. The SMILES string of the molecule is O=C(Nc1ccc(Oc2ccc(F)cc2)nc1)c1ccc(C(=O)N2CCC(Oc3ccc(F)cc3F)CC2)nc1. The van der Waals surface area contributed by atoms with Gasteiger partial charge in [0.25, 0.3) is 11.8 Å². The number of carbonyl (C=O) groups excluding carboxylic acids is 2. The van der Waals surface area contributed by atoms with Gasteiger partial charge in [-0.3, -0.25) is 14.6 Å². The van der Waals surface area contributed by atoms with E-state index in [4.69, 9.17) is 9.47 Å². The van der Waals surface area contributed by atoms with E-state index in [1.807, 2.05) is 0 Å². The summed E-state index contributed by atoms with van der Waals surface area (Å²) in [5.41, 5.74) is 0.850. The first-order valence-electron chi connectivity index (χ1n) is 12.4. The second-order valence-corrected chi connectivity index (χ2v) is 9.01. The molecule has 2 aromatic heterocycles. The third kappa shape index (κ3) is 6.55. The predicted molar refractivity (Wildman–Crippen MR) is 139 cm³/mol. The Labute approximate surface area is 227 Å². The number of nitrogens with zero attached hydrogens (tertiary/aromatic N) is 3. The standard InChI is InChI=1S/C29H23F3N4O4/c30-19-2-6-22(7-3-19)40-27-10-5-21(17-34-27)35-28(37)18-1-8-25(33-16-18)29(38)36-13-11-23(12-14-36)39-26-9-4-20(31)15-24(26)32/h1-10,15-17,23H,11-14H2,(H,35,37). The predicted octanol–water partition coefficient (Wildman–Crippen LogP) is 5.62. The molecule has 0 atom stereocenters. The van der Waals surface area contributed by atoms with E-state index in [1.165, 1.54) is 54.9 Å². The van der Waals surface area contributed by atoms with Crippen LogP contribution in [0.25, 0.3) is 0 Å². The minimum Gasteiger partial charge on any atom is -0.487 e. The summed E-state index contributed by atoms with van der Waals surface area (Å²) < 4.78 is 51.2. The zero-order valence-electron chi connectivity index (χ0n) is 21.0. The number of pyridine rings is 2. The summed E-state index contributed by atoms with van der Waals surface area (Å²) in [5, 5.41) is 2.70. The van der Waals surface area contributed by atoms with Crippen molar-refractivity contribution in [1.82, 2.24) is 14.9 Å². The van der Waals surface area contributed by atoms with Crippen LogP contribution in [0.15, 0.2) is 79.1 Å². The molecule has 0 aliphatic carbocycles. The molecular formula is C29H23F3N4O4. The van der Waals surface area contributed by atoms with Crippen LogP contribution in [0, 0.1) is 17.5 Å². The molecule has 0 saturated carbocycles. The Morgan fingerprint density at radius 1 is 0.850 bits per heavy atom. The maximum absolute atomic E-state index is 13.9. The van der Waals surface area contributed by atoms with Gasteiger partial charge >= 0.3 is 0 Å². The lowest BCUT2D eigenvalue weighted by atomic mass is 10.1. The Balaban J connectivity index is 1.12. The Kier molecular flexibility index (Phi) is 7.90. The van der Waals surface area contributed by atoms with E-state index in [-0.39, 0.29) is 40.7 Å². The molecule has 0 unspecified atom stereocenters. The fourth-order valence-electron chi connectivity index (χ4n) is 4.09. The topological polar surface area (TPSA) is 93.6 Å². The number of ether oxygens (including phenoxy) is 2. The lowest BCUT2D eigenvalue weighted by Crippen LogP contribution is -2.42. The maximum atomic E-state index is 13.9. The zero-order valence-corrected chi connectivity index (χ0v) is 21.0. The van der Waals surface area contributed by atoms with Gasteiger partial charge in [-0.1, -0.05) is 0 Å². The number of carbonyl (C=O) groups is 2. The molecule has 0 spiro atoms. The van der Waals surface area contributed by atoms with Gasteiger partial charge < -0.3 is 19.7 Å². The first-order valence-corrected chi connectivity index (χ1v) is 12.4. The number of likely N-dealkylation sites (tertiary alicyclic amines) is 1. The Morgan fingerprint density at radius 3 is 2.25 bits per heavy atom. The summed E-state index contributed by atoms with van der Waals surface area (Å²) in [5.74, 6) is -1.88. The molecule has 0 radical (unpaired) electrons. The molecule has 1 aliphatic rings. The van der Waals surface area contributed by atoms with Gasteiger partial charge in [0.1, 0.15) is 29.2 Å². The highest BCUT2D eigenvalue weighted by Gasteiger charge is 2.26. The van der Waals surface area contributed by atoms with Crippen LogP contribution in [0.4, 0.5) is 18.9 Å². The number of hydrogen-bond acceptors (Lipinski definition) is 6. The van der Waals surface area contributed by atoms with Crippen molar-refractivity contribution in [3.63, 3.8) is 0 Å². The Bertz CT molecular complexity index is 1490. The highest BCUT2D eigenvalue weighted by Crippen LogP contribution is 2.24. The maximum Gasteiger partial charge on any atom is 0.272 e. The molecule has 1 N–H and O–H groups in total. The average molecular weight is 549 g/mol. The molecule has 4 aromatic rings. The summed E-state index contributed by atoms with van der Waals surface area (Å²) in [6.45, 7) is 0.758. The normalized spacial score (nSPS) is 13.5. The molecule has 1 fully saturated rings. The monoisotopic (exact) mass is 548 g/mol. The number of rotatable bonds is 7. The number of hydrogen-bond donors (Lipinski definition) is 1. The van der Waals surface area contributed by atoms with E-state index in [9.17, 15) is 22.8 Å². The van der Waals surface area contributed by atoms with Crippen molar-refractivity contribution < 1.29 is 32.2 Å². The molecule has 2 aromatic carbocycles. The van der Waals surface area contributed by atoms with E-state index < -0.39 is 17.5 Å². The number of aromatic nitrogens is 2.